The lowest BCUT2D eigenvalue weighted by Crippen LogP contribution is -2.43. The number of hydrogen-bond donors (Lipinski definition) is 1. The van der Waals surface area contributed by atoms with Gasteiger partial charge in [0.2, 0.25) is 10.0 Å². The molecular formula is C17H23N3O4S. The number of rotatable bonds is 4. The van der Waals surface area contributed by atoms with Crippen molar-refractivity contribution in [2.45, 2.75) is 31.7 Å². The third-order valence-electron chi connectivity index (χ3n) is 3.98. The van der Waals surface area contributed by atoms with Crippen molar-refractivity contribution in [1.29, 1.82) is 0 Å². The van der Waals surface area contributed by atoms with E-state index in [1.165, 1.54) is 14.1 Å². The van der Waals surface area contributed by atoms with Gasteiger partial charge in [-0.1, -0.05) is 51.1 Å². The summed E-state index contributed by atoms with van der Waals surface area (Å²) in [6, 6.07) is 8.62. The van der Waals surface area contributed by atoms with Crippen LogP contribution in [-0.2, 0) is 24.1 Å². The molecule has 0 aliphatic heterocycles. The lowest BCUT2D eigenvalue weighted by atomic mass is 9.83. The number of benzene rings is 1. The van der Waals surface area contributed by atoms with Crippen molar-refractivity contribution in [3.8, 4) is 0 Å². The van der Waals surface area contributed by atoms with E-state index in [9.17, 15) is 18.0 Å². The van der Waals surface area contributed by atoms with Gasteiger partial charge in [0.05, 0.1) is 6.04 Å². The van der Waals surface area contributed by atoms with Crippen molar-refractivity contribution in [3.05, 3.63) is 62.9 Å². The van der Waals surface area contributed by atoms with Crippen LogP contribution in [0.15, 0.2) is 51.0 Å². The fourth-order valence-corrected chi connectivity index (χ4v) is 4.16. The van der Waals surface area contributed by atoms with Crippen LogP contribution in [0.2, 0.25) is 0 Å². The van der Waals surface area contributed by atoms with Gasteiger partial charge in [-0.2, -0.15) is 0 Å². The van der Waals surface area contributed by atoms with Crippen LogP contribution in [-0.4, -0.2) is 17.6 Å². The number of aromatic nitrogens is 2. The summed E-state index contributed by atoms with van der Waals surface area (Å²) in [5.74, 6) is 0. The van der Waals surface area contributed by atoms with Crippen LogP contribution in [0.3, 0.4) is 0 Å². The molecule has 136 valence electrons. The lowest BCUT2D eigenvalue weighted by Gasteiger charge is -2.31. The second kappa shape index (κ2) is 6.61. The third kappa shape index (κ3) is 3.91. The van der Waals surface area contributed by atoms with Gasteiger partial charge in [0.15, 0.2) is 4.90 Å². The highest BCUT2D eigenvalue weighted by atomic mass is 32.2. The van der Waals surface area contributed by atoms with Crippen LogP contribution >= 0.6 is 0 Å². The van der Waals surface area contributed by atoms with E-state index in [2.05, 4.69) is 4.72 Å². The molecule has 0 spiro atoms. The van der Waals surface area contributed by atoms with E-state index in [1.807, 2.05) is 51.1 Å². The maximum atomic E-state index is 12.9. The normalized spacial score (nSPS) is 13.6. The zero-order valence-corrected chi connectivity index (χ0v) is 15.8. The summed E-state index contributed by atoms with van der Waals surface area (Å²) in [5.41, 5.74) is -1.07. The largest absolute Gasteiger partial charge is 0.330 e. The molecule has 2 aromatic rings. The maximum Gasteiger partial charge on any atom is 0.330 e. The lowest BCUT2D eigenvalue weighted by molar-refractivity contribution is 0.304. The van der Waals surface area contributed by atoms with E-state index in [0.717, 1.165) is 20.9 Å². The maximum absolute atomic E-state index is 12.9. The van der Waals surface area contributed by atoms with Crippen LogP contribution in [0.1, 0.15) is 32.4 Å². The van der Waals surface area contributed by atoms with Crippen molar-refractivity contribution in [3.63, 3.8) is 0 Å². The summed E-state index contributed by atoms with van der Waals surface area (Å²) in [5, 5.41) is 0. The highest BCUT2D eigenvalue weighted by Crippen LogP contribution is 2.33. The molecular weight excluding hydrogens is 342 g/mol. The smallest absolute Gasteiger partial charge is 0.302 e. The summed E-state index contributed by atoms with van der Waals surface area (Å²) in [6.07, 6.45) is 1.05. The van der Waals surface area contributed by atoms with E-state index < -0.39 is 37.6 Å². The number of hydrogen-bond acceptors (Lipinski definition) is 4. The van der Waals surface area contributed by atoms with Gasteiger partial charge in [-0.25, -0.2) is 17.9 Å². The summed E-state index contributed by atoms with van der Waals surface area (Å²) >= 11 is 0. The summed E-state index contributed by atoms with van der Waals surface area (Å²) < 4.78 is 30.2. The summed E-state index contributed by atoms with van der Waals surface area (Å²) in [4.78, 5) is 23.6. The molecule has 1 atom stereocenters. The molecule has 7 nitrogen and oxygen atoms in total. The third-order valence-corrected chi connectivity index (χ3v) is 5.38. The Labute approximate surface area is 147 Å². The van der Waals surface area contributed by atoms with Crippen LogP contribution in [0.5, 0.6) is 0 Å². The van der Waals surface area contributed by atoms with Gasteiger partial charge in [0.25, 0.3) is 5.56 Å². The molecule has 0 saturated heterocycles. The summed E-state index contributed by atoms with van der Waals surface area (Å²) in [7, 11) is -1.47. The van der Waals surface area contributed by atoms with E-state index in [1.54, 1.807) is 0 Å². The van der Waals surface area contributed by atoms with Crippen molar-refractivity contribution < 1.29 is 8.42 Å². The van der Waals surface area contributed by atoms with Gasteiger partial charge >= 0.3 is 5.69 Å². The molecule has 1 heterocycles. The first-order valence-electron chi connectivity index (χ1n) is 7.79. The minimum Gasteiger partial charge on any atom is -0.302 e. The van der Waals surface area contributed by atoms with Gasteiger partial charge in [-0.05, 0) is 11.0 Å². The van der Waals surface area contributed by atoms with Gasteiger partial charge in [-0.15, -0.1) is 0 Å². The van der Waals surface area contributed by atoms with Crippen molar-refractivity contribution in [2.75, 3.05) is 0 Å². The molecule has 1 unspecified atom stereocenters. The second-order valence-electron chi connectivity index (χ2n) is 7.08. The molecule has 0 radical (unpaired) electrons. The number of aryl methyl sites for hydroxylation is 1. The molecule has 0 bridgehead atoms. The van der Waals surface area contributed by atoms with Gasteiger partial charge in [-0.3, -0.25) is 9.36 Å². The fourth-order valence-electron chi connectivity index (χ4n) is 2.57. The molecule has 8 heteroatoms. The van der Waals surface area contributed by atoms with E-state index >= 15 is 0 Å². The molecule has 0 aliphatic rings. The molecule has 0 fully saturated rings. The molecule has 0 aliphatic carbocycles. The molecule has 0 amide bonds. The average Bonchev–Trinajstić information content (AvgIpc) is 2.53. The first-order valence-corrected chi connectivity index (χ1v) is 9.27. The Balaban J connectivity index is 2.57. The monoisotopic (exact) mass is 365 g/mol. The predicted octanol–water partition coefficient (Wildman–Crippen LogP) is 1.15. The minimum absolute atomic E-state index is 0.430. The van der Waals surface area contributed by atoms with E-state index in [-0.39, 0.29) is 0 Å². The van der Waals surface area contributed by atoms with Crippen molar-refractivity contribution in [2.24, 2.45) is 19.5 Å². The van der Waals surface area contributed by atoms with Crippen LogP contribution in [0.25, 0.3) is 0 Å². The molecule has 1 N–H and O–H groups in total. The average molecular weight is 365 g/mol. The number of nitrogens with one attached hydrogen (secondary N) is 1. The van der Waals surface area contributed by atoms with Gasteiger partial charge in [0.1, 0.15) is 0 Å². The van der Waals surface area contributed by atoms with Crippen LogP contribution in [0, 0.1) is 5.41 Å². The van der Waals surface area contributed by atoms with Crippen molar-refractivity contribution >= 4 is 10.0 Å². The highest BCUT2D eigenvalue weighted by Gasteiger charge is 2.32. The minimum atomic E-state index is -4.13. The van der Waals surface area contributed by atoms with E-state index in [4.69, 9.17) is 0 Å². The van der Waals surface area contributed by atoms with Crippen molar-refractivity contribution in [1.82, 2.24) is 13.9 Å². The molecule has 2 rings (SSSR count). The quantitative estimate of drug-likeness (QED) is 0.880. The second-order valence-corrected chi connectivity index (χ2v) is 8.76. The van der Waals surface area contributed by atoms with Gasteiger partial charge < -0.3 is 4.57 Å². The number of nitrogens with zero attached hydrogens (tertiary/aromatic N) is 2. The SMILES string of the molecule is Cn1cc(S(=O)(=O)NC(c2ccccc2)C(C)(C)C)c(=O)n(C)c1=O. The number of sulfonamides is 1. The van der Waals surface area contributed by atoms with Crippen LogP contribution < -0.4 is 16.0 Å². The van der Waals surface area contributed by atoms with E-state index in [0.29, 0.717) is 0 Å². The standard InChI is InChI=1S/C17H23N3O4S/c1-17(2,3)14(12-9-7-6-8-10-12)18-25(23,24)13-11-19(4)16(22)20(5)15(13)21/h6-11,14,18H,1-5H3. The Morgan fingerprint density at radius 2 is 1.60 bits per heavy atom. The molecule has 1 aromatic carbocycles. The highest BCUT2D eigenvalue weighted by molar-refractivity contribution is 7.89. The Bertz CT molecular complexity index is 983. The Kier molecular flexibility index (Phi) is 5.06. The fraction of sp³-hybridized carbons (Fsp3) is 0.412. The zero-order chi connectivity index (χ0) is 19.0. The first-order chi connectivity index (χ1) is 11.4. The Morgan fingerprint density at radius 3 is 2.12 bits per heavy atom. The summed E-state index contributed by atoms with van der Waals surface area (Å²) in [6.45, 7) is 5.73. The first kappa shape index (κ1) is 19.1. The Morgan fingerprint density at radius 1 is 1.04 bits per heavy atom. The molecule has 0 saturated carbocycles. The predicted molar refractivity (Wildman–Crippen MR) is 95.9 cm³/mol. The zero-order valence-electron chi connectivity index (χ0n) is 15.0. The Hall–Kier alpha value is -2.19. The van der Waals surface area contributed by atoms with Crippen LogP contribution in [0.4, 0.5) is 0 Å². The molecule has 1 aromatic heterocycles. The van der Waals surface area contributed by atoms with Gasteiger partial charge in [0, 0.05) is 20.3 Å². The topological polar surface area (TPSA) is 90.2 Å². The molecule has 25 heavy (non-hydrogen) atoms.